The Morgan fingerprint density at radius 1 is 0.727 bits per heavy atom. The minimum absolute atomic E-state index is 0.299. The molecule has 0 aliphatic heterocycles. The Morgan fingerprint density at radius 3 is 1.75 bits per heavy atom. The molecule has 0 amide bonds. The predicted octanol–water partition coefficient (Wildman–Crippen LogP) is 7.03. The van der Waals surface area contributed by atoms with E-state index in [9.17, 15) is 0 Å². The third kappa shape index (κ3) is 7.45. The molecule has 6 aromatic rings. The normalized spacial score (nSPS) is 10.8. The van der Waals surface area contributed by atoms with Crippen molar-refractivity contribution in [3.8, 4) is 0 Å². The zero-order valence-electron chi connectivity index (χ0n) is 25.5. The van der Waals surface area contributed by atoms with Crippen LogP contribution in [0.4, 0.5) is 0 Å². The largest absolute Gasteiger partial charge is 0.326 e. The first-order chi connectivity index (χ1) is 21.7. The summed E-state index contributed by atoms with van der Waals surface area (Å²) < 4.78 is 2.27. The lowest BCUT2D eigenvalue weighted by Gasteiger charge is -2.36. The van der Waals surface area contributed by atoms with Gasteiger partial charge < -0.3 is 4.57 Å². The Hall–Kier alpha value is -4.67. The van der Waals surface area contributed by atoms with Crippen LogP contribution >= 0.6 is 0 Å². The second kappa shape index (κ2) is 15.7. The van der Waals surface area contributed by atoms with Gasteiger partial charge in [-0.1, -0.05) is 175 Å². The molecular weight excluding hydrogens is 547 g/mol. The van der Waals surface area contributed by atoms with Gasteiger partial charge in [0.05, 0.1) is 11.5 Å². The lowest BCUT2D eigenvalue weighted by molar-refractivity contribution is 0.596. The van der Waals surface area contributed by atoms with E-state index >= 15 is 0 Å². The van der Waals surface area contributed by atoms with Gasteiger partial charge in [0, 0.05) is 12.4 Å². The Labute approximate surface area is 266 Å². The van der Waals surface area contributed by atoms with Gasteiger partial charge in [0.1, 0.15) is 9.52 Å². The molecule has 0 bridgehead atoms. The first kappa shape index (κ1) is 30.8. The quantitative estimate of drug-likeness (QED) is 0.149. The highest BCUT2D eigenvalue weighted by Gasteiger charge is 2.37. The van der Waals surface area contributed by atoms with Gasteiger partial charge >= 0.3 is 0 Å². The van der Waals surface area contributed by atoms with Crippen molar-refractivity contribution in [2.75, 3.05) is 0 Å². The molecule has 1 heterocycles. The monoisotopic (exact) mass is 586 g/mol. The van der Waals surface area contributed by atoms with Crippen LogP contribution in [0.1, 0.15) is 36.5 Å². The summed E-state index contributed by atoms with van der Waals surface area (Å²) >= 11 is 0. The number of benzene rings is 5. The lowest BCUT2D eigenvalue weighted by Crippen LogP contribution is -2.46. The Kier molecular flexibility index (Phi) is 11.0. The van der Waals surface area contributed by atoms with Gasteiger partial charge in [-0.15, -0.1) is 12.6 Å². The summed E-state index contributed by atoms with van der Waals surface area (Å²) in [6.45, 7) is 6.46. The zero-order chi connectivity index (χ0) is 30.5. The van der Waals surface area contributed by atoms with E-state index < -0.39 is 0 Å². The Balaban J connectivity index is 0.000000215. The fraction of sp³-hybridized carbons (Fsp3) is 0.125. The van der Waals surface area contributed by atoms with E-state index in [2.05, 4.69) is 163 Å². The molecule has 5 aromatic carbocycles. The Bertz CT molecular complexity index is 1590. The number of unbranched alkanes of at least 4 members (excludes halogenated alkanes) is 1. The number of hydrogen-bond donors (Lipinski definition) is 0. The number of aryl methyl sites for hydroxylation is 1. The molecule has 4 heteroatoms. The fourth-order valence-corrected chi connectivity index (χ4v) is 7.41. The second-order valence-electron chi connectivity index (χ2n) is 10.9. The highest BCUT2D eigenvalue weighted by Crippen LogP contribution is 2.33. The number of nitrogens with zero attached hydrogens (tertiary/aromatic N) is 2. The molecule has 6 rings (SSSR count). The lowest BCUT2D eigenvalue weighted by atomic mass is 9.41. The van der Waals surface area contributed by atoms with Crippen molar-refractivity contribution in [2.45, 2.75) is 31.3 Å². The van der Waals surface area contributed by atoms with Gasteiger partial charge in [-0.3, -0.25) is 0 Å². The molecule has 1 aromatic heterocycles. The van der Waals surface area contributed by atoms with Gasteiger partial charge in [0.15, 0.2) is 0 Å². The molecule has 0 saturated heterocycles. The molecule has 216 valence electrons. The molecule has 2 radical (unpaired) electrons. The summed E-state index contributed by atoms with van der Waals surface area (Å²) in [5.41, 5.74) is 6.57. The second-order valence-corrected chi connectivity index (χ2v) is 12.4. The predicted molar refractivity (Wildman–Crippen MR) is 190 cm³/mol. The summed E-state index contributed by atoms with van der Waals surface area (Å²) in [4.78, 5) is 4.41. The minimum atomic E-state index is -0.317. The SMILES string of the molecule is C=CB(c1ccccc1)c1ccccc1.CCCCc1cccc([Si]C(c2ccccc2)(c2ccccc2)n2ccnc2)c1. The molecule has 0 N–H and O–H groups in total. The maximum Gasteiger partial charge on any atom is 0.233 e. The van der Waals surface area contributed by atoms with Crippen molar-refractivity contribution in [1.29, 1.82) is 0 Å². The summed E-state index contributed by atoms with van der Waals surface area (Å²) in [7, 11) is 0.540. The van der Waals surface area contributed by atoms with Gasteiger partial charge in [-0.05, 0) is 29.5 Å². The van der Waals surface area contributed by atoms with Crippen LogP contribution in [0.3, 0.4) is 0 Å². The van der Waals surface area contributed by atoms with E-state index in [1.54, 1.807) is 0 Å². The zero-order valence-corrected chi connectivity index (χ0v) is 26.5. The number of imidazole rings is 1. The fourth-order valence-electron chi connectivity index (χ4n) is 5.67. The van der Waals surface area contributed by atoms with E-state index in [-0.39, 0.29) is 5.16 Å². The highest BCUT2D eigenvalue weighted by atomic mass is 28.2. The van der Waals surface area contributed by atoms with Crippen LogP contribution in [0.25, 0.3) is 0 Å². The van der Waals surface area contributed by atoms with Crippen LogP contribution < -0.4 is 16.1 Å². The number of hydrogen-bond acceptors (Lipinski definition) is 1. The minimum Gasteiger partial charge on any atom is -0.326 e. The number of aromatic nitrogens is 2. The molecule has 0 spiro atoms. The van der Waals surface area contributed by atoms with Crippen molar-refractivity contribution in [1.82, 2.24) is 9.55 Å². The molecule has 0 saturated carbocycles. The smallest absolute Gasteiger partial charge is 0.233 e. The summed E-state index contributed by atoms with van der Waals surface area (Å²) in [6.07, 6.45) is 9.52. The molecule has 44 heavy (non-hydrogen) atoms. The van der Waals surface area contributed by atoms with Crippen LogP contribution in [0.5, 0.6) is 0 Å². The van der Waals surface area contributed by atoms with Crippen molar-refractivity contribution in [2.24, 2.45) is 0 Å². The molecule has 0 atom stereocenters. The molecule has 2 nitrogen and oxygen atoms in total. The van der Waals surface area contributed by atoms with Crippen LogP contribution in [-0.2, 0) is 11.6 Å². The summed E-state index contributed by atoms with van der Waals surface area (Å²) in [5, 5.41) is 1.06. The molecular formula is C40H39BN2Si. The molecule has 0 aliphatic carbocycles. The van der Waals surface area contributed by atoms with Crippen molar-refractivity contribution in [3.05, 3.63) is 194 Å². The van der Waals surface area contributed by atoms with E-state index in [1.807, 2.05) is 30.6 Å². The topological polar surface area (TPSA) is 17.8 Å². The van der Waals surface area contributed by atoms with Crippen molar-refractivity contribution in [3.63, 3.8) is 0 Å². The summed E-state index contributed by atoms with van der Waals surface area (Å²) in [6, 6.07) is 51.7. The summed E-state index contributed by atoms with van der Waals surface area (Å²) in [5.74, 6) is 1.99. The van der Waals surface area contributed by atoms with E-state index in [0.717, 1.165) is 6.42 Å². The molecule has 0 unspecified atom stereocenters. The van der Waals surface area contributed by atoms with Gasteiger partial charge in [-0.2, -0.15) is 0 Å². The first-order valence-electron chi connectivity index (χ1n) is 15.4. The highest BCUT2D eigenvalue weighted by molar-refractivity contribution is 6.89. The van der Waals surface area contributed by atoms with Gasteiger partial charge in [0.2, 0.25) is 6.71 Å². The van der Waals surface area contributed by atoms with Gasteiger partial charge in [-0.25, -0.2) is 4.98 Å². The van der Waals surface area contributed by atoms with E-state index in [4.69, 9.17) is 0 Å². The molecule has 0 aliphatic rings. The average molecular weight is 587 g/mol. The average Bonchev–Trinajstić information content (AvgIpc) is 3.65. The number of rotatable bonds is 11. The van der Waals surface area contributed by atoms with Crippen molar-refractivity contribution < 1.29 is 0 Å². The Morgan fingerprint density at radius 2 is 1.27 bits per heavy atom. The standard InChI is InChI=1S/C26H26N2Si.C14H13B/c1-2-3-11-22-12-10-17-25(20-22)29-26(28-19-18-27-21-28,23-13-6-4-7-14-23)24-15-8-5-9-16-24;1-2-15(13-9-5-3-6-10-13)14-11-7-4-8-12-14/h4-10,12-21H,2-3,11H2,1H3;2-12H,1H2. The van der Waals surface area contributed by atoms with Crippen molar-refractivity contribution >= 4 is 32.3 Å². The van der Waals surface area contributed by atoms with Crippen LogP contribution in [0.2, 0.25) is 0 Å². The maximum atomic E-state index is 4.41. The van der Waals surface area contributed by atoms with Crippen LogP contribution in [-0.4, -0.2) is 25.8 Å². The maximum absolute atomic E-state index is 4.41. The van der Waals surface area contributed by atoms with Gasteiger partial charge in [0.25, 0.3) is 0 Å². The molecule has 0 fully saturated rings. The first-order valence-corrected chi connectivity index (χ1v) is 16.4. The van der Waals surface area contributed by atoms with Crippen LogP contribution in [0.15, 0.2) is 177 Å². The van der Waals surface area contributed by atoms with E-state index in [1.165, 1.54) is 45.6 Å². The third-order valence-electron chi connectivity index (χ3n) is 7.90. The third-order valence-corrected chi connectivity index (χ3v) is 9.70. The van der Waals surface area contributed by atoms with E-state index in [0.29, 0.717) is 16.2 Å². The van der Waals surface area contributed by atoms with Crippen LogP contribution in [0, 0.1) is 0 Å².